The maximum absolute atomic E-state index is 5.66. The van der Waals surface area contributed by atoms with Crippen LogP contribution < -0.4 is 5.32 Å². The first kappa shape index (κ1) is 11.2. The molecule has 2 heterocycles. The molecule has 1 aromatic heterocycles. The van der Waals surface area contributed by atoms with Gasteiger partial charge in [0.05, 0.1) is 0 Å². The Hall–Kier alpha value is -0.940. The summed E-state index contributed by atoms with van der Waals surface area (Å²) in [4.78, 5) is 4.53. The molecule has 3 rings (SSSR count). The topological polar surface area (TPSA) is 60.2 Å². The van der Waals surface area contributed by atoms with Crippen molar-refractivity contribution in [2.45, 2.75) is 37.7 Å². The van der Waals surface area contributed by atoms with Crippen LogP contribution >= 0.6 is 0 Å². The average Bonchev–Trinajstić information content (AvgIpc) is 3.06. The molecule has 1 aromatic rings. The van der Waals surface area contributed by atoms with E-state index in [1.54, 1.807) is 7.11 Å². The monoisotopic (exact) mass is 237 g/mol. The first-order chi connectivity index (χ1) is 8.32. The lowest BCUT2D eigenvalue weighted by Crippen LogP contribution is -2.41. The van der Waals surface area contributed by atoms with Gasteiger partial charge in [-0.05, 0) is 44.7 Å². The zero-order chi connectivity index (χ0) is 11.7. The molecule has 0 amide bonds. The Morgan fingerprint density at radius 1 is 1.41 bits per heavy atom. The average molecular weight is 237 g/mol. The molecule has 0 aromatic carbocycles. The van der Waals surface area contributed by atoms with Gasteiger partial charge in [-0.25, -0.2) is 0 Å². The number of nitrogens with zero attached hydrogens (tertiary/aromatic N) is 2. The van der Waals surface area contributed by atoms with E-state index in [2.05, 4.69) is 15.5 Å². The SMILES string of the molecule is COC1(c2nc(CC3CC3)no2)CCNCC1. The van der Waals surface area contributed by atoms with Crippen molar-refractivity contribution < 1.29 is 9.26 Å². The summed E-state index contributed by atoms with van der Waals surface area (Å²) in [6.07, 6.45) is 5.37. The van der Waals surface area contributed by atoms with Crippen LogP contribution in [-0.2, 0) is 16.8 Å². The summed E-state index contributed by atoms with van der Waals surface area (Å²) in [7, 11) is 1.73. The molecule has 5 nitrogen and oxygen atoms in total. The molecule has 2 aliphatic rings. The van der Waals surface area contributed by atoms with Crippen LogP contribution in [0.25, 0.3) is 0 Å². The fraction of sp³-hybridized carbons (Fsp3) is 0.833. The molecule has 94 valence electrons. The van der Waals surface area contributed by atoms with Crippen LogP contribution in [0.3, 0.4) is 0 Å². The molecule has 1 saturated carbocycles. The predicted octanol–water partition coefficient (Wildman–Crippen LogP) is 1.25. The second kappa shape index (κ2) is 4.38. The molecule has 1 aliphatic heterocycles. The molecule has 0 unspecified atom stereocenters. The third-order valence-electron chi connectivity index (χ3n) is 3.83. The van der Waals surface area contributed by atoms with Crippen LogP contribution in [0, 0.1) is 5.92 Å². The number of rotatable bonds is 4. The van der Waals surface area contributed by atoms with Crippen molar-refractivity contribution in [1.82, 2.24) is 15.5 Å². The number of ether oxygens (including phenoxy) is 1. The number of methoxy groups -OCH3 is 1. The van der Waals surface area contributed by atoms with E-state index in [0.29, 0.717) is 5.89 Å². The lowest BCUT2D eigenvalue weighted by Gasteiger charge is -2.32. The Bertz CT molecular complexity index is 381. The van der Waals surface area contributed by atoms with Crippen molar-refractivity contribution in [2.75, 3.05) is 20.2 Å². The van der Waals surface area contributed by atoms with Crippen LogP contribution in [0.2, 0.25) is 0 Å². The quantitative estimate of drug-likeness (QED) is 0.854. The van der Waals surface area contributed by atoms with Gasteiger partial charge < -0.3 is 14.6 Å². The van der Waals surface area contributed by atoms with E-state index in [1.165, 1.54) is 12.8 Å². The van der Waals surface area contributed by atoms with Crippen molar-refractivity contribution in [2.24, 2.45) is 5.92 Å². The maximum atomic E-state index is 5.66. The summed E-state index contributed by atoms with van der Waals surface area (Å²) in [5.41, 5.74) is -0.361. The summed E-state index contributed by atoms with van der Waals surface area (Å²) in [5, 5.41) is 7.40. The van der Waals surface area contributed by atoms with Crippen molar-refractivity contribution in [3.05, 3.63) is 11.7 Å². The normalized spacial score (nSPS) is 23.8. The lowest BCUT2D eigenvalue weighted by atomic mass is 9.92. The number of nitrogens with one attached hydrogen (secondary N) is 1. The van der Waals surface area contributed by atoms with Crippen molar-refractivity contribution in [1.29, 1.82) is 0 Å². The minimum Gasteiger partial charge on any atom is -0.368 e. The van der Waals surface area contributed by atoms with Gasteiger partial charge in [0, 0.05) is 13.5 Å². The lowest BCUT2D eigenvalue weighted by molar-refractivity contribution is -0.0622. The van der Waals surface area contributed by atoms with E-state index in [1.807, 2.05) is 0 Å². The van der Waals surface area contributed by atoms with Crippen LogP contribution in [-0.4, -0.2) is 30.3 Å². The van der Waals surface area contributed by atoms with Gasteiger partial charge in [0.2, 0.25) is 0 Å². The van der Waals surface area contributed by atoms with Crippen LogP contribution in [0.15, 0.2) is 4.52 Å². The summed E-state index contributed by atoms with van der Waals surface area (Å²) >= 11 is 0. The van der Waals surface area contributed by atoms with Gasteiger partial charge in [-0.15, -0.1) is 0 Å². The highest BCUT2D eigenvalue weighted by Gasteiger charge is 2.39. The first-order valence-corrected chi connectivity index (χ1v) is 6.41. The second-order valence-electron chi connectivity index (χ2n) is 5.11. The Labute approximate surface area is 101 Å². The minimum absolute atomic E-state index is 0.361. The number of hydrogen-bond acceptors (Lipinski definition) is 5. The van der Waals surface area contributed by atoms with E-state index >= 15 is 0 Å². The Morgan fingerprint density at radius 2 is 2.18 bits per heavy atom. The molecule has 17 heavy (non-hydrogen) atoms. The molecule has 1 saturated heterocycles. The van der Waals surface area contributed by atoms with Gasteiger partial charge in [0.15, 0.2) is 5.82 Å². The molecule has 0 spiro atoms. The Kier molecular flexibility index (Phi) is 2.88. The highest BCUT2D eigenvalue weighted by Crippen LogP contribution is 2.35. The second-order valence-corrected chi connectivity index (χ2v) is 5.11. The summed E-state index contributed by atoms with van der Waals surface area (Å²) in [5.74, 6) is 2.29. The predicted molar refractivity (Wildman–Crippen MR) is 61.5 cm³/mol. The smallest absolute Gasteiger partial charge is 0.258 e. The highest BCUT2D eigenvalue weighted by molar-refractivity contribution is 5.03. The number of aromatic nitrogens is 2. The zero-order valence-electron chi connectivity index (χ0n) is 10.2. The van der Waals surface area contributed by atoms with Gasteiger partial charge in [-0.3, -0.25) is 0 Å². The summed E-state index contributed by atoms with van der Waals surface area (Å²) in [6, 6.07) is 0. The molecular formula is C12H19N3O2. The van der Waals surface area contributed by atoms with E-state index in [-0.39, 0.29) is 5.60 Å². The molecule has 1 N–H and O–H groups in total. The molecule has 0 bridgehead atoms. The fourth-order valence-corrected chi connectivity index (χ4v) is 2.44. The van der Waals surface area contributed by atoms with Crippen molar-refractivity contribution in [3.63, 3.8) is 0 Å². The van der Waals surface area contributed by atoms with Gasteiger partial charge in [0.25, 0.3) is 5.89 Å². The van der Waals surface area contributed by atoms with Gasteiger partial charge in [0.1, 0.15) is 5.60 Å². The largest absolute Gasteiger partial charge is 0.368 e. The molecule has 2 fully saturated rings. The Morgan fingerprint density at radius 3 is 2.82 bits per heavy atom. The number of hydrogen-bond donors (Lipinski definition) is 1. The van der Waals surface area contributed by atoms with Crippen molar-refractivity contribution >= 4 is 0 Å². The standard InChI is InChI=1S/C12H19N3O2/c1-16-12(4-6-13-7-5-12)11-14-10(15-17-11)8-9-2-3-9/h9,13H,2-8H2,1H3. The highest BCUT2D eigenvalue weighted by atomic mass is 16.5. The zero-order valence-corrected chi connectivity index (χ0v) is 10.2. The fourth-order valence-electron chi connectivity index (χ4n) is 2.44. The maximum Gasteiger partial charge on any atom is 0.258 e. The van der Waals surface area contributed by atoms with Crippen LogP contribution in [0.5, 0.6) is 0 Å². The molecule has 5 heteroatoms. The van der Waals surface area contributed by atoms with E-state index < -0.39 is 0 Å². The molecule has 0 radical (unpaired) electrons. The van der Waals surface area contributed by atoms with Gasteiger partial charge in [-0.1, -0.05) is 5.16 Å². The van der Waals surface area contributed by atoms with Gasteiger partial charge in [-0.2, -0.15) is 4.98 Å². The first-order valence-electron chi connectivity index (χ1n) is 6.41. The van der Waals surface area contributed by atoms with Crippen molar-refractivity contribution in [3.8, 4) is 0 Å². The summed E-state index contributed by atoms with van der Waals surface area (Å²) in [6.45, 7) is 1.88. The van der Waals surface area contributed by atoms with E-state index in [9.17, 15) is 0 Å². The van der Waals surface area contributed by atoms with Crippen LogP contribution in [0.1, 0.15) is 37.4 Å². The molecule has 0 atom stereocenters. The molecule has 1 aliphatic carbocycles. The minimum atomic E-state index is -0.361. The van der Waals surface area contributed by atoms with Crippen LogP contribution in [0.4, 0.5) is 0 Å². The summed E-state index contributed by atoms with van der Waals surface area (Å²) < 4.78 is 11.1. The number of piperidine rings is 1. The third-order valence-corrected chi connectivity index (χ3v) is 3.83. The molecular weight excluding hydrogens is 218 g/mol. The van der Waals surface area contributed by atoms with E-state index in [4.69, 9.17) is 9.26 Å². The Balaban J connectivity index is 1.77. The van der Waals surface area contributed by atoms with E-state index in [0.717, 1.165) is 44.1 Å². The third kappa shape index (κ3) is 2.21. The van der Waals surface area contributed by atoms with Gasteiger partial charge >= 0.3 is 0 Å².